The maximum Gasteiger partial charge on any atom is 0.231 e. The Balaban J connectivity index is 2.82. The molecular weight excluding hydrogens is 280 g/mol. The van der Waals surface area contributed by atoms with E-state index >= 15 is 0 Å². The molecule has 0 aromatic heterocycles. The van der Waals surface area contributed by atoms with Crippen molar-refractivity contribution in [2.75, 3.05) is 5.32 Å². The number of anilines is 1. The van der Waals surface area contributed by atoms with Crippen molar-refractivity contribution in [3.8, 4) is 0 Å². The van der Waals surface area contributed by atoms with E-state index in [9.17, 15) is 4.79 Å². The summed E-state index contributed by atoms with van der Waals surface area (Å²) in [5.41, 5.74) is 2.30. The lowest BCUT2D eigenvalue weighted by molar-refractivity contribution is -0.126. The van der Waals surface area contributed by atoms with Crippen molar-refractivity contribution in [2.24, 2.45) is 5.41 Å². The monoisotopic (exact) mass is 298 g/mol. The van der Waals surface area contributed by atoms with Gasteiger partial charge in [0.1, 0.15) is 0 Å². The molecule has 1 aromatic rings. The highest BCUT2D eigenvalue weighted by molar-refractivity contribution is 7.80. The van der Waals surface area contributed by atoms with E-state index in [0.717, 1.165) is 16.8 Å². The number of thiocarbonyl (C=S) groups is 1. The van der Waals surface area contributed by atoms with E-state index in [2.05, 4.69) is 10.6 Å². The van der Waals surface area contributed by atoms with Crippen molar-refractivity contribution in [2.45, 2.75) is 34.6 Å². The zero-order valence-electron chi connectivity index (χ0n) is 11.8. The normalized spacial score (nSPS) is 11.1. The molecule has 2 N–H and O–H groups in total. The van der Waals surface area contributed by atoms with Crippen LogP contribution in [0.4, 0.5) is 5.69 Å². The van der Waals surface area contributed by atoms with E-state index in [1.807, 2.05) is 46.8 Å². The van der Waals surface area contributed by atoms with E-state index in [-0.39, 0.29) is 11.0 Å². The van der Waals surface area contributed by atoms with E-state index in [1.165, 1.54) is 0 Å². The van der Waals surface area contributed by atoms with Crippen LogP contribution in [0.1, 0.15) is 31.9 Å². The van der Waals surface area contributed by atoms with Gasteiger partial charge in [-0.05, 0) is 43.3 Å². The molecule has 0 saturated heterocycles. The topological polar surface area (TPSA) is 41.1 Å². The number of hydrogen-bond donors (Lipinski definition) is 2. The molecule has 0 atom stereocenters. The zero-order valence-corrected chi connectivity index (χ0v) is 13.4. The fourth-order valence-electron chi connectivity index (χ4n) is 1.51. The Morgan fingerprint density at radius 1 is 1.26 bits per heavy atom. The molecule has 3 nitrogen and oxygen atoms in total. The number of rotatable bonds is 1. The number of carbonyl (C=O) groups excluding carboxylic acids is 1. The quantitative estimate of drug-likeness (QED) is 0.775. The first-order chi connectivity index (χ1) is 8.61. The second-order valence-corrected chi connectivity index (χ2v) is 6.41. The smallest absolute Gasteiger partial charge is 0.231 e. The number of halogens is 1. The van der Waals surface area contributed by atoms with Gasteiger partial charge in [0.2, 0.25) is 5.91 Å². The molecule has 0 heterocycles. The highest BCUT2D eigenvalue weighted by atomic mass is 35.5. The van der Waals surface area contributed by atoms with Crippen LogP contribution in [0.3, 0.4) is 0 Å². The summed E-state index contributed by atoms with van der Waals surface area (Å²) in [7, 11) is 0. The summed E-state index contributed by atoms with van der Waals surface area (Å²) < 4.78 is 0. The maximum atomic E-state index is 11.8. The van der Waals surface area contributed by atoms with Gasteiger partial charge in [0.05, 0.1) is 10.7 Å². The molecule has 0 bridgehead atoms. The Labute approximate surface area is 124 Å². The Kier molecular flexibility index (Phi) is 4.93. The molecule has 0 spiro atoms. The second kappa shape index (κ2) is 5.88. The molecule has 0 aliphatic carbocycles. The minimum absolute atomic E-state index is 0.133. The van der Waals surface area contributed by atoms with Crippen LogP contribution in [-0.2, 0) is 4.79 Å². The first kappa shape index (κ1) is 15.9. The molecule has 1 aromatic carbocycles. The molecule has 5 heteroatoms. The molecule has 1 rings (SSSR count). The predicted octanol–water partition coefficient (Wildman–Crippen LogP) is 3.82. The summed E-state index contributed by atoms with van der Waals surface area (Å²) >= 11 is 11.3. The summed E-state index contributed by atoms with van der Waals surface area (Å²) in [6.07, 6.45) is 0. The van der Waals surface area contributed by atoms with Crippen LogP contribution in [-0.4, -0.2) is 11.0 Å². The van der Waals surface area contributed by atoms with Crippen LogP contribution >= 0.6 is 23.8 Å². The van der Waals surface area contributed by atoms with Crippen molar-refractivity contribution >= 4 is 40.5 Å². The lowest BCUT2D eigenvalue weighted by atomic mass is 9.96. The van der Waals surface area contributed by atoms with Crippen LogP contribution in [0.2, 0.25) is 5.02 Å². The van der Waals surface area contributed by atoms with Crippen molar-refractivity contribution < 1.29 is 4.79 Å². The largest absolute Gasteiger partial charge is 0.331 e. The number of aryl methyl sites for hydroxylation is 2. The number of amides is 1. The first-order valence-corrected chi connectivity index (χ1v) is 6.79. The third kappa shape index (κ3) is 4.48. The molecular formula is C14H19ClN2OS. The summed E-state index contributed by atoms with van der Waals surface area (Å²) in [5, 5.41) is 6.48. The number of nitrogens with one attached hydrogen (secondary N) is 2. The average molecular weight is 299 g/mol. The Bertz CT molecular complexity index is 498. The van der Waals surface area contributed by atoms with Crippen LogP contribution in [0.5, 0.6) is 0 Å². The maximum absolute atomic E-state index is 11.8. The van der Waals surface area contributed by atoms with Crippen LogP contribution in [0, 0.1) is 19.3 Å². The standard InChI is InChI=1S/C14H19ClN2OS/c1-8-6-9(2)11(10(15)7-8)16-13(19)17-12(18)14(3,4)5/h6-7H,1-5H3,(H2,16,17,18,19). The SMILES string of the molecule is Cc1cc(C)c(NC(=S)NC(=O)C(C)(C)C)c(Cl)c1. The second-order valence-electron chi connectivity index (χ2n) is 5.60. The Hall–Kier alpha value is -1.13. The molecule has 1 amide bonds. The van der Waals surface area contributed by atoms with E-state index < -0.39 is 5.41 Å². The number of benzene rings is 1. The minimum Gasteiger partial charge on any atom is -0.331 e. The highest BCUT2D eigenvalue weighted by Gasteiger charge is 2.22. The zero-order chi connectivity index (χ0) is 14.8. The van der Waals surface area contributed by atoms with Crippen LogP contribution in [0.25, 0.3) is 0 Å². The summed E-state index contributed by atoms with van der Waals surface area (Å²) in [6.45, 7) is 9.40. The van der Waals surface area contributed by atoms with Gasteiger partial charge in [-0.3, -0.25) is 4.79 Å². The van der Waals surface area contributed by atoms with Crippen molar-refractivity contribution in [3.05, 3.63) is 28.3 Å². The van der Waals surface area contributed by atoms with Gasteiger partial charge in [0.15, 0.2) is 5.11 Å². The molecule has 0 saturated carbocycles. The molecule has 0 unspecified atom stereocenters. The van der Waals surface area contributed by atoms with Gasteiger partial charge in [-0.25, -0.2) is 0 Å². The summed E-state index contributed by atoms with van der Waals surface area (Å²) in [6, 6.07) is 3.85. The lowest BCUT2D eigenvalue weighted by Crippen LogP contribution is -2.41. The van der Waals surface area contributed by atoms with Crippen molar-refractivity contribution in [1.29, 1.82) is 0 Å². The molecule has 0 aliphatic heterocycles. The highest BCUT2D eigenvalue weighted by Crippen LogP contribution is 2.27. The van der Waals surface area contributed by atoms with E-state index in [1.54, 1.807) is 0 Å². The average Bonchev–Trinajstić information content (AvgIpc) is 2.21. The molecule has 104 valence electrons. The lowest BCUT2D eigenvalue weighted by Gasteiger charge is -2.19. The van der Waals surface area contributed by atoms with Gasteiger partial charge in [-0.15, -0.1) is 0 Å². The molecule has 0 fully saturated rings. The number of hydrogen-bond acceptors (Lipinski definition) is 2. The third-order valence-corrected chi connectivity index (χ3v) is 3.08. The van der Waals surface area contributed by atoms with Gasteiger partial charge < -0.3 is 10.6 Å². The van der Waals surface area contributed by atoms with E-state index in [0.29, 0.717) is 5.02 Å². The first-order valence-electron chi connectivity index (χ1n) is 6.00. The van der Waals surface area contributed by atoms with Crippen molar-refractivity contribution in [1.82, 2.24) is 5.32 Å². The Morgan fingerprint density at radius 2 is 1.84 bits per heavy atom. The molecule has 19 heavy (non-hydrogen) atoms. The van der Waals surface area contributed by atoms with E-state index in [4.69, 9.17) is 23.8 Å². The molecule has 0 radical (unpaired) electrons. The van der Waals surface area contributed by atoms with Crippen LogP contribution < -0.4 is 10.6 Å². The van der Waals surface area contributed by atoms with Gasteiger partial charge in [-0.1, -0.05) is 38.4 Å². The van der Waals surface area contributed by atoms with Crippen LogP contribution in [0.15, 0.2) is 12.1 Å². The van der Waals surface area contributed by atoms with Gasteiger partial charge in [0.25, 0.3) is 0 Å². The predicted molar refractivity (Wildman–Crippen MR) is 84.7 cm³/mol. The summed E-state index contributed by atoms with van der Waals surface area (Å²) in [4.78, 5) is 11.8. The Morgan fingerprint density at radius 3 is 2.32 bits per heavy atom. The summed E-state index contributed by atoms with van der Waals surface area (Å²) in [5.74, 6) is -0.133. The van der Waals surface area contributed by atoms with Gasteiger partial charge in [-0.2, -0.15) is 0 Å². The minimum atomic E-state index is -0.488. The fraction of sp³-hybridized carbons (Fsp3) is 0.429. The number of carbonyl (C=O) groups is 1. The third-order valence-electron chi connectivity index (χ3n) is 2.58. The molecule has 0 aliphatic rings. The fourth-order valence-corrected chi connectivity index (χ4v) is 2.07. The van der Waals surface area contributed by atoms with Gasteiger partial charge in [0, 0.05) is 5.41 Å². The van der Waals surface area contributed by atoms with Crippen molar-refractivity contribution in [3.63, 3.8) is 0 Å². The van der Waals surface area contributed by atoms with Gasteiger partial charge >= 0.3 is 0 Å².